The van der Waals surface area contributed by atoms with Crippen molar-refractivity contribution in [3.05, 3.63) is 35.7 Å². The summed E-state index contributed by atoms with van der Waals surface area (Å²) in [6, 6.07) is 7.89. The van der Waals surface area contributed by atoms with Gasteiger partial charge in [-0.3, -0.25) is 9.59 Å². The van der Waals surface area contributed by atoms with Crippen molar-refractivity contribution in [1.82, 2.24) is 30.0 Å². The lowest BCUT2D eigenvalue weighted by Gasteiger charge is -2.35. The second-order valence-electron chi connectivity index (χ2n) is 7.74. The van der Waals surface area contributed by atoms with E-state index in [1.54, 1.807) is 4.68 Å². The van der Waals surface area contributed by atoms with E-state index < -0.39 is 0 Å². The standard InChI is InChI=1S/C20H26N6O2/c1-3-10-25-18-9-6-16(20(25)28)12-24(13-18)19(27)11-15-4-7-17(8-5-15)26-14(2)21-22-23-26/h4-5,7-8,16,18H,3,6,9-13H2,1-2H3/t16-,18+/m0/s1. The van der Waals surface area contributed by atoms with Gasteiger partial charge in [0.15, 0.2) is 5.82 Å². The number of tetrazole rings is 1. The maximum atomic E-state index is 12.9. The monoisotopic (exact) mass is 382 g/mol. The van der Waals surface area contributed by atoms with Crippen molar-refractivity contribution in [2.45, 2.75) is 45.6 Å². The highest BCUT2D eigenvalue weighted by molar-refractivity contribution is 5.84. The minimum absolute atomic E-state index is 0.0422. The molecule has 0 saturated carbocycles. The van der Waals surface area contributed by atoms with Crippen molar-refractivity contribution in [1.29, 1.82) is 0 Å². The third-order valence-electron chi connectivity index (χ3n) is 5.77. The predicted octanol–water partition coefficient (Wildman–Crippen LogP) is 1.37. The van der Waals surface area contributed by atoms with Gasteiger partial charge in [0.05, 0.1) is 18.0 Å². The Hall–Kier alpha value is -2.77. The fourth-order valence-corrected chi connectivity index (χ4v) is 4.29. The zero-order chi connectivity index (χ0) is 19.7. The number of hydrogen-bond acceptors (Lipinski definition) is 5. The van der Waals surface area contributed by atoms with Crippen molar-refractivity contribution < 1.29 is 9.59 Å². The van der Waals surface area contributed by atoms with Gasteiger partial charge in [0.2, 0.25) is 11.8 Å². The molecule has 8 nitrogen and oxygen atoms in total. The zero-order valence-electron chi connectivity index (χ0n) is 16.4. The van der Waals surface area contributed by atoms with E-state index in [1.165, 1.54) is 0 Å². The van der Waals surface area contributed by atoms with Gasteiger partial charge >= 0.3 is 0 Å². The van der Waals surface area contributed by atoms with Crippen LogP contribution in [-0.4, -0.2) is 67.5 Å². The van der Waals surface area contributed by atoms with E-state index in [9.17, 15) is 9.59 Å². The number of aromatic nitrogens is 4. The number of nitrogens with zero attached hydrogens (tertiary/aromatic N) is 6. The minimum atomic E-state index is -0.0422. The molecule has 0 N–H and O–H groups in total. The fourth-order valence-electron chi connectivity index (χ4n) is 4.29. The third kappa shape index (κ3) is 3.50. The van der Waals surface area contributed by atoms with Crippen LogP contribution in [0.3, 0.4) is 0 Å². The first-order chi connectivity index (χ1) is 13.6. The molecule has 8 heteroatoms. The highest BCUT2D eigenvalue weighted by Crippen LogP contribution is 2.29. The van der Waals surface area contributed by atoms with Crippen molar-refractivity contribution in [2.75, 3.05) is 19.6 Å². The van der Waals surface area contributed by atoms with Crippen LogP contribution in [0.5, 0.6) is 0 Å². The first-order valence-corrected chi connectivity index (χ1v) is 9.99. The second-order valence-corrected chi connectivity index (χ2v) is 7.74. The first-order valence-electron chi connectivity index (χ1n) is 9.99. The Kier molecular flexibility index (Phi) is 5.11. The van der Waals surface area contributed by atoms with Crippen molar-refractivity contribution in [3.63, 3.8) is 0 Å². The molecule has 28 heavy (non-hydrogen) atoms. The Bertz CT molecular complexity index is 862. The molecule has 3 saturated heterocycles. The van der Waals surface area contributed by atoms with E-state index in [-0.39, 0.29) is 23.8 Å². The Balaban J connectivity index is 1.44. The summed E-state index contributed by atoms with van der Waals surface area (Å²) in [4.78, 5) is 29.5. The van der Waals surface area contributed by atoms with Gasteiger partial charge in [-0.15, -0.1) is 5.10 Å². The normalized spacial score (nSPS) is 21.9. The zero-order valence-corrected chi connectivity index (χ0v) is 16.4. The molecule has 0 aliphatic carbocycles. The number of fused-ring (bicyclic) bond motifs is 4. The maximum absolute atomic E-state index is 12.9. The summed E-state index contributed by atoms with van der Waals surface area (Å²) < 4.78 is 1.66. The number of carbonyl (C=O) groups excluding carboxylic acids is 2. The van der Waals surface area contributed by atoms with Gasteiger partial charge in [-0.2, -0.15) is 4.68 Å². The average Bonchev–Trinajstić information content (AvgIpc) is 2.94. The third-order valence-corrected chi connectivity index (χ3v) is 5.77. The van der Waals surface area contributed by atoms with Gasteiger partial charge in [0.1, 0.15) is 0 Å². The lowest BCUT2D eigenvalue weighted by Crippen LogP contribution is -2.48. The number of rotatable bonds is 5. The summed E-state index contributed by atoms with van der Waals surface area (Å²) in [6.45, 7) is 5.93. The van der Waals surface area contributed by atoms with Crippen LogP contribution >= 0.6 is 0 Å². The summed E-state index contributed by atoms with van der Waals surface area (Å²) in [5.74, 6) is 0.994. The van der Waals surface area contributed by atoms with Crippen LogP contribution in [0.15, 0.2) is 24.3 Å². The van der Waals surface area contributed by atoms with Crippen LogP contribution in [-0.2, 0) is 16.0 Å². The molecular formula is C20H26N6O2. The lowest BCUT2D eigenvalue weighted by atomic mass is 9.94. The first kappa shape index (κ1) is 18.6. The quantitative estimate of drug-likeness (QED) is 0.780. The molecule has 3 aliphatic rings. The van der Waals surface area contributed by atoms with Gasteiger partial charge in [-0.1, -0.05) is 19.1 Å². The second kappa shape index (κ2) is 7.69. The molecule has 2 bridgehead atoms. The molecule has 3 aliphatic heterocycles. The van der Waals surface area contributed by atoms with Gasteiger partial charge in [0, 0.05) is 25.7 Å². The van der Waals surface area contributed by atoms with E-state index in [4.69, 9.17) is 0 Å². The largest absolute Gasteiger partial charge is 0.340 e. The lowest BCUT2D eigenvalue weighted by molar-refractivity contribution is -0.139. The van der Waals surface area contributed by atoms with Crippen LogP contribution in [0.2, 0.25) is 0 Å². The molecule has 5 rings (SSSR count). The Morgan fingerprint density at radius 1 is 1.18 bits per heavy atom. The number of piperidine rings is 1. The fraction of sp³-hybridized carbons (Fsp3) is 0.550. The number of benzene rings is 1. The van der Waals surface area contributed by atoms with Crippen LogP contribution < -0.4 is 0 Å². The predicted molar refractivity (Wildman–Crippen MR) is 103 cm³/mol. The molecule has 2 aromatic rings. The molecule has 1 aromatic carbocycles. The topological polar surface area (TPSA) is 84.2 Å². The van der Waals surface area contributed by atoms with Crippen LogP contribution in [0, 0.1) is 12.8 Å². The van der Waals surface area contributed by atoms with Gasteiger partial charge in [0.25, 0.3) is 0 Å². The van der Waals surface area contributed by atoms with E-state index in [2.05, 4.69) is 22.4 Å². The van der Waals surface area contributed by atoms with E-state index in [0.29, 0.717) is 25.3 Å². The molecule has 0 unspecified atom stereocenters. The summed E-state index contributed by atoms with van der Waals surface area (Å²) in [6.07, 6.45) is 3.19. The van der Waals surface area contributed by atoms with Crippen molar-refractivity contribution in [3.8, 4) is 5.69 Å². The van der Waals surface area contributed by atoms with Crippen LogP contribution in [0.25, 0.3) is 5.69 Å². The molecule has 0 radical (unpaired) electrons. The van der Waals surface area contributed by atoms with E-state index in [1.807, 2.05) is 41.0 Å². The van der Waals surface area contributed by atoms with Crippen molar-refractivity contribution >= 4 is 11.8 Å². The average molecular weight is 382 g/mol. The van der Waals surface area contributed by atoms with Gasteiger partial charge in [-0.25, -0.2) is 0 Å². The highest BCUT2D eigenvalue weighted by atomic mass is 16.2. The van der Waals surface area contributed by atoms with E-state index >= 15 is 0 Å². The molecule has 4 heterocycles. The highest BCUT2D eigenvalue weighted by Gasteiger charge is 2.41. The molecule has 2 amide bonds. The Morgan fingerprint density at radius 3 is 2.64 bits per heavy atom. The molecule has 148 valence electrons. The summed E-state index contributed by atoms with van der Waals surface area (Å²) >= 11 is 0. The number of hydrogen-bond donors (Lipinski definition) is 0. The molecule has 3 fully saturated rings. The number of aryl methyl sites for hydroxylation is 1. The van der Waals surface area contributed by atoms with Crippen LogP contribution in [0.4, 0.5) is 0 Å². The molecular weight excluding hydrogens is 356 g/mol. The number of carbonyl (C=O) groups is 2. The molecule has 1 aromatic heterocycles. The van der Waals surface area contributed by atoms with Gasteiger partial charge < -0.3 is 9.80 Å². The summed E-state index contributed by atoms with van der Waals surface area (Å²) in [5, 5.41) is 11.5. The summed E-state index contributed by atoms with van der Waals surface area (Å²) in [5.41, 5.74) is 1.82. The molecule has 0 spiro atoms. The maximum Gasteiger partial charge on any atom is 0.227 e. The van der Waals surface area contributed by atoms with E-state index in [0.717, 1.165) is 37.1 Å². The van der Waals surface area contributed by atoms with Crippen LogP contribution in [0.1, 0.15) is 37.6 Å². The van der Waals surface area contributed by atoms with Crippen molar-refractivity contribution in [2.24, 2.45) is 5.92 Å². The molecule has 2 atom stereocenters. The number of amides is 2. The smallest absolute Gasteiger partial charge is 0.227 e. The Labute approximate surface area is 164 Å². The Morgan fingerprint density at radius 2 is 1.96 bits per heavy atom. The SMILES string of the molecule is CCCN1C(=O)[C@H]2CC[C@@H]1CN(C(=O)Cc1ccc(-n3nnnc3C)cc1)C2. The summed E-state index contributed by atoms with van der Waals surface area (Å²) in [7, 11) is 0. The minimum Gasteiger partial charge on any atom is -0.340 e. The van der Waals surface area contributed by atoms with Gasteiger partial charge in [-0.05, 0) is 54.3 Å².